The van der Waals surface area contributed by atoms with E-state index in [1.165, 1.54) is 11.8 Å². The number of hydrogen-bond donors (Lipinski definition) is 0. The second-order valence-corrected chi connectivity index (χ2v) is 5.89. The lowest BCUT2D eigenvalue weighted by atomic mass is 10.0. The molecule has 100 valence electrons. The van der Waals surface area contributed by atoms with E-state index in [0.29, 0.717) is 0 Å². The Hall–Kier alpha value is -0.490. The third-order valence-corrected chi connectivity index (χ3v) is 4.69. The van der Waals surface area contributed by atoms with Crippen molar-refractivity contribution < 1.29 is 13.2 Å². The van der Waals surface area contributed by atoms with Gasteiger partial charge < -0.3 is 0 Å². The Bertz CT molecular complexity index is 419. The zero-order chi connectivity index (χ0) is 13.2. The second-order valence-electron chi connectivity index (χ2n) is 4.22. The quantitative estimate of drug-likeness (QED) is 0.747. The van der Waals surface area contributed by atoms with Crippen LogP contribution in [0.4, 0.5) is 13.2 Å². The molecule has 0 aliphatic heterocycles. The fourth-order valence-corrected chi connectivity index (χ4v) is 3.61. The predicted molar refractivity (Wildman–Crippen MR) is 64.8 cm³/mol. The van der Waals surface area contributed by atoms with Crippen molar-refractivity contribution in [2.24, 2.45) is 0 Å². The Morgan fingerprint density at radius 3 is 2.44 bits per heavy atom. The van der Waals surface area contributed by atoms with Crippen LogP contribution in [0.3, 0.4) is 0 Å². The number of rotatable bonds is 2. The van der Waals surface area contributed by atoms with Crippen LogP contribution in [0.2, 0.25) is 5.15 Å². The first-order chi connectivity index (χ1) is 8.48. The maximum Gasteiger partial charge on any atom is 0.434 e. The summed E-state index contributed by atoms with van der Waals surface area (Å²) in [5.41, 5.74) is -0.918. The minimum absolute atomic E-state index is 0.0291. The molecule has 0 aromatic carbocycles. The van der Waals surface area contributed by atoms with Gasteiger partial charge in [0.1, 0.15) is 11.5 Å². The SMILES string of the molecule is FC(F)(F)c1ncnc(Cl)c1SC1CCCCC1. The molecule has 1 fully saturated rings. The van der Waals surface area contributed by atoms with Crippen LogP contribution in [0.25, 0.3) is 0 Å². The number of nitrogens with zero attached hydrogens (tertiary/aromatic N) is 2. The third kappa shape index (κ3) is 3.29. The minimum atomic E-state index is -4.48. The van der Waals surface area contributed by atoms with Crippen molar-refractivity contribution in [2.75, 3.05) is 0 Å². The highest BCUT2D eigenvalue weighted by molar-refractivity contribution is 8.00. The molecule has 2 nitrogen and oxygen atoms in total. The van der Waals surface area contributed by atoms with Gasteiger partial charge in [0, 0.05) is 5.25 Å². The Kier molecular flexibility index (Phi) is 4.37. The van der Waals surface area contributed by atoms with Crippen LogP contribution in [-0.4, -0.2) is 15.2 Å². The Morgan fingerprint density at radius 2 is 1.83 bits per heavy atom. The van der Waals surface area contributed by atoms with Gasteiger partial charge in [0.2, 0.25) is 0 Å². The molecule has 1 aromatic heterocycles. The standard InChI is InChI=1S/C11H12ClF3N2S/c12-10-8(18-7-4-2-1-3-5-7)9(11(13,14)15)16-6-17-10/h6-7H,1-5H2. The lowest BCUT2D eigenvalue weighted by Crippen LogP contribution is -2.14. The van der Waals surface area contributed by atoms with Crippen LogP contribution in [0.5, 0.6) is 0 Å². The highest BCUT2D eigenvalue weighted by atomic mass is 35.5. The van der Waals surface area contributed by atoms with Crippen molar-refractivity contribution in [3.8, 4) is 0 Å². The first-order valence-corrected chi connectivity index (χ1v) is 6.98. The van der Waals surface area contributed by atoms with Gasteiger partial charge in [-0.15, -0.1) is 11.8 Å². The normalized spacial score (nSPS) is 18.0. The van der Waals surface area contributed by atoms with Crippen molar-refractivity contribution in [3.63, 3.8) is 0 Å². The zero-order valence-electron chi connectivity index (χ0n) is 9.50. The van der Waals surface area contributed by atoms with Crippen LogP contribution >= 0.6 is 23.4 Å². The van der Waals surface area contributed by atoms with Gasteiger partial charge in [-0.25, -0.2) is 9.97 Å². The number of thioether (sulfide) groups is 1. The summed E-state index contributed by atoms with van der Waals surface area (Å²) in [6, 6.07) is 0. The first kappa shape index (κ1) is 13.9. The van der Waals surface area contributed by atoms with E-state index in [9.17, 15) is 13.2 Å². The monoisotopic (exact) mass is 296 g/mol. The highest BCUT2D eigenvalue weighted by Crippen LogP contribution is 2.42. The summed E-state index contributed by atoms with van der Waals surface area (Å²) in [7, 11) is 0. The third-order valence-electron chi connectivity index (χ3n) is 2.87. The van der Waals surface area contributed by atoms with Gasteiger partial charge in [-0.3, -0.25) is 0 Å². The summed E-state index contributed by atoms with van der Waals surface area (Å²) in [5.74, 6) is 0. The molecule has 0 spiro atoms. The largest absolute Gasteiger partial charge is 0.434 e. The molecule has 18 heavy (non-hydrogen) atoms. The van der Waals surface area contributed by atoms with Gasteiger partial charge in [-0.05, 0) is 12.8 Å². The van der Waals surface area contributed by atoms with E-state index in [-0.39, 0.29) is 15.3 Å². The molecule has 2 rings (SSSR count). The fraction of sp³-hybridized carbons (Fsp3) is 0.636. The van der Waals surface area contributed by atoms with Gasteiger partial charge in [-0.1, -0.05) is 30.9 Å². The summed E-state index contributed by atoms with van der Waals surface area (Å²) in [6.07, 6.45) is 1.50. The smallest absolute Gasteiger partial charge is 0.231 e. The molecule has 7 heteroatoms. The van der Waals surface area contributed by atoms with E-state index < -0.39 is 11.9 Å². The van der Waals surface area contributed by atoms with Gasteiger partial charge in [-0.2, -0.15) is 13.2 Å². The van der Waals surface area contributed by atoms with E-state index >= 15 is 0 Å². The Labute approximate surface area is 112 Å². The summed E-state index contributed by atoms with van der Waals surface area (Å²) >= 11 is 6.95. The molecule has 0 saturated heterocycles. The van der Waals surface area contributed by atoms with E-state index in [2.05, 4.69) is 9.97 Å². The van der Waals surface area contributed by atoms with Crippen LogP contribution in [0.15, 0.2) is 11.2 Å². The number of halogens is 4. The van der Waals surface area contributed by atoms with Gasteiger partial charge in [0.25, 0.3) is 0 Å². The van der Waals surface area contributed by atoms with Crippen molar-refractivity contribution in [3.05, 3.63) is 17.2 Å². The van der Waals surface area contributed by atoms with E-state index in [1.807, 2.05) is 0 Å². The molecular formula is C11H12ClF3N2S. The molecule has 0 radical (unpaired) electrons. The van der Waals surface area contributed by atoms with Gasteiger partial charge in [0.15, 0.2) is 5.69 Å². The lowest BCUT2D eigenvalue weighted by molar-refractivity contribution is -0.143. The van der Waals surface area contributed by atoms with Crippen LogP contribution < -0.4 is 0 Å². The van der Waals surface area contributed by atoms with Crippen molar-refractivity contribution in [1.29, 1.82) is 0 Å². The maximum atomic E-state index is 12.8. The van der Waals surface area contributed by atoms with Crippen molar-refractivity contribution in [2.45, 2.75) is 48.4 Å². The molecule has 1 aliphatic rings. The Morgan fingerprint density at radius 1 is 1.17 bits per heavy atom. The molecule has 1 saturated carbocycles. The van der Waals surface area contributed by atoms with Gasteiger partial charge >= 0.3 is 6.18 Å². The van der Waals surface area contributed by atoms with Crippen LogP contribution in [-0.2, 0) is 6.18 Å². The molecule has 0 bridgehead atoms. The fourth-order valence-electron chi connectivity index (χ4n) is 2.01. The topological polar surface area (TPSA) is 25.8 Å². The maximum absolute atomic E-state index is 12.8. The first-order valence-electron chi connectivity index (χ1n) is 5.73. The lowest BCUT2D eigenvalue weighted by Gasteiger charge is -2.22. The summed E-state index contributed by atoms with van der Waals surface area (Å²) < 4.78 is 38.5. The molecular weight excluding hydrogens is 285 g/mol. The van der Waals surface area contributed by atoms with Crippen molar-refractivity contribution >= 4 is 23.4 Å². The molecule has 1 aliphatic carbocycles. The summed E-state index contributed by atoms with van der Waals surface area (Å²) in [4.78, 5) is 6.96. The highest BCUT2D eigenvalue weighted by Gasteiger charge is 2.37. The summed E-state index contributed by atoms with van der Waals surface area (Å²) in [5, 5.41) is 0.0799. The van der Waals surface area contributed by atoms with E-state index in [0.717, 1.165) is 38.4 Å². The molecule has 0 amide bonds. The number of hydrogen-bond acceptors (Lipinski definition) is 3. The van der Waals surface area contributed by atoms with E-state index in [1.54, 1.807) is 0 Å². The zero-order valence-corrected chi connectivity index (χ0v) is 11.1. The minimum Gasteiger partial charge on any atom is -0.231 e. The number of aromatic nitrogens is 2. The summed E-state index contributed by atoms with van der Waals surface area (Å²) in [6.45, 7) is 0. The van der Waals surface area contributed by atoms with Crippen LogP contribution in [0.1, 0.15) is 37.8 Å². The predicted octanol–water partition coefficient (Wildman–Crippen LogP) is 4.57. The van der Waals surface area contributed by atoms with Crippen molar-refractivity contribution in [1.82, 2.24) is 9.97 Å². The molecule has 0 unspecified atom stereocenters. The Balaban J connectivity index is 2.25. The molecule has 0 atom stereocenters. The second kappa shape index (κ2) is 5.65. The van der Waals surface area contributed by atoms with Crippen LogP contribution in [0, 0.1) is 0 Å². The van der Waals surface area contributed by atoms with Gasteiger partial charge in [0.05, 0.1) is 4.90 Å². The average molecular weight is 297 g/mol. The van der Waals surface area contributed by atoms with E-state index in [4.69, 9.17) is 11.6 Å². The average Bonchev–Trinajstić information content (AvgIpc) is 2.32. The molecule has 0 N–H and O–H groups in total. The molecule has 1 heterocycles. The number of alkyl halides is 3. The molecule has 1 aromatic rings.